The van der Waals surface area contributed by atoms with Gasteiger partial charge < -0.3 is 4.90 Å². The summed E-state index contributed by atoms with van der Waals surface area (Å²) in [5, 5.41) is 0.00312. The van der Waals surface area contributed by atoms with Crippen molar-refractivity contribution in [2.75, 3.05) is 19.6 Å². The molecule has 7 heteroatoms. The predicted octanol–water partition coefficient (Wildman–Crippen LogP) is 1.50. The smallest absolute Gasteiger partial charge is 0.243 e. The molecule has 0 bridgehead atoms. The molecule has 1 unspecified atom stereocenters. The molecule has 1 saturated heterocycles. The molecule has 1 N–H and O–H groups in total. The molecule has 1 aliphatic heterocycles. The van der Waals surface area contributed by atoms with Crippen LogP contribution in [0.4, 0.5) is 0 Å². The number of nitrogens with one attached hydrogen (secondary N) is 1. The van der Waals surface area contributed by atoms with Crippen molar-refractivity contribution in [3.05, 3.63) is 23.5 Å². The van der Waals surface area contributed by atoms with Crippen molar-refractivity contribution in [1.29, 1.82) is 0 Å². The topological polar surface area (TPSA) is 62.3 Å². The Kier molecular flexibility index (Phi) is 4.78. The zero-order valence-corrected chi connectivity index (χ0v) is 12.4. The van der Waals surface area contributed by atoms with Gasteiger partial charge in [-0.15, -0.1) is 0 Å². The molecule has 0 radical (unpaired) electrons. The summed E-state index contributed by atoms with van der Waals surface area (Å²) in [7, 11) is -3.60. The van der Waals surface area contributed by atoms with E-state index in [0.29, 0.717) is 0 Å². The first kappa shape index (κ1) is 14.7. The number of hydrogen-bond acceptors (Lipinski definition) is 4. The van der Waals surface area contributed by atoms with Crippen LogP contribution in [0.2, 0.25) is 5.15 Å². The summed E-state index contributed by atoms with van der Waals surface area (Å²) in [4.78, 5) is 6.09. The van der Waals surface area contributed by atoms with Crippen molar-refractivity contribution >= 4 is 21.6 Å². The number of aromatic nitrogens is 1. The predicted molar refractivity (Wildman–Crippen MR) is 74.7 cm³/mol. The molecule has 1 aliphatic rings. The first-order valence-electron chi connectivity index (χ1n) is 6.34. The van der Waals surface area contributed by atoms with Gasteiger partial charge in [0.2, 0.25) is 10.0 Å². The summed E-state index contributed by atoms with van der Waals surface area (Å²) in [5.41, 5.74) is 0. The highest BCUT2D eigenvalue weighted by Gasteiger charge is 2.22. The van der Waals surface area contributed by atoms with Crippen LogP contribution in [-0.4, -0.2) is 44.0 Å². The normalized spacial score (nSPS) is 18.6. The van der Waals surface area contributed by atoms with E-state index < -0.39 is 10.0 Å². The van der Waals surface area contributed by atoms with Gasteiger partial charge in [-0.25, -0.2) is 18.1 Å². The zero-order chi connectivity index (χ0) is 13.9. The Balaban J connectivity index is 2.02. The molecular formula is C12H18ClN3O2S. The summed E-state index contributed by atoms with van der Waals surface area (Å²) in [5.74, 6) is 0. The number of likely N-dealkylation sites (tertiary alicyclic amines) is 1. The van der Waals surface area contributed by atoms with Crippen LogP contribution in [0.15, 0.2) is 23.2 Å². The molecule has 1 aromatic rings. The van der Waals surface area contributed by atoms with Gasteiger partial charge in [-0.3, -0.25) is 0 Å². The second kappa shape index (κ2) is 6.17. The lowest BCUT2D eigenvalue weighted by atomic mass is 10.3. The van der Waals surface area contributed by atoms with Crippen molar-refractivity contribution < 1.29 is 8.42 Å². The molecule has 5 nitrogen and oxygen atoms in total. The summed E-state index contributed by atoms with van der Waals surface area (Å²) < 4.78 is 27.0. The monoisotopic (exact) mass is 303 g/mol. The van der Waals surface area contributed by atoms with E-state index in [1.54, 1.807) is 6.07 Å². The van der Waals surface area contributed by atoms with Gasteiger partial charge in [0.05, 0.1) is 0 Å². The maximum absolute atomic E-state index is 12.2. The van der Waals surface area contributed by atoms with E-state index in [1.807, 2.05) is 6.92 Å². The minimum Gasteiger partial charge on any atom is -0.302 e. The molecule has 0 amide bonds. The van der Waals surface area contributed by atoms with E-state index in [-0.39, 0.29) is 16.1 Å². The van der Waals surface area contributed by atoms with Gasteiger partial charge >= 0.3 is 0 Å². The Morgan fingerprint density at radius 2 is 2.16 bits per heavy atom. The Morgan fingerprint density at radius 1 is 1.47 bits per heavy atom. The van der Waals surface area contributed by atoms with E-state index in [4.69, 9.17) is 11.6 Å². The molecular weight excluding hydrogens is 286 g/mol. The van der Waals surface area contributed by atoms with Crippen LogP contribution in [0.3, 0.4) is 0 Å². The van der Waals surface area contributed by atoms with E-state index in [2.05, 4.69) is 14.6 Å². The molecule has 0 aliphatic carbocycles. The van der Waals surface area contributed by atoms with Crippen molar-refractivity contribution in [3.8, 4) is 0 Å². The fraction of sp³-hybridized carbons (Fsp3) is 0.583. The van der Waals surface area contributed by atoms with Crippen molar-refractivity contribution in [3.63, 3.8) is 0 Å². The van der Waals surface area contributed by atoms with E-state index in [0.717, 1.165) is 19.6 Å². The largest absolute Gasteiger partial charge is 0.302 e. The lowest BCUT2D eigenvalue weighted by Gasteiger charge is -2.21. The fourth-order valence-corrected chi connectivity index (χ4v) is 3.98. The van der Waals surface area contributed by atoms with Gasteiger partial charge in [-0.05, 0) is 45.0 Å². The van der Waals surface area contributed by atoms with Gasteiger partial charge in [0.1, 0.15) is 10.0 Å². The second-order valence-corrected chi connectivity index (χ2v) is 6.86. The van der Waals surface area contributed by atoms with Crippen molar-refractivity contribution in [2.45, 2.75) is 30.7 Å². The van der Waals surface area contributed by atoms with Crippen LogP contribution in [0.5, 0.6) is 0 Å². The summed E-state index contributed by atoms with van der Waals surface area (Å²) in [6, 6.07) is 2.87. The van der Waals surface area contributed by atoms with Crippen LogP contribution < -0.4 is 4.72 Å². The van der Waals surface area contributed by atoms with Crippen molar-refractivity contribution in [1.82, 2.24) is 14.6 Å². The number of sulfonamides is 1. The third kappa shape index (κ3) is 3.89. The van der Waals surface area contributed by atoms with Crippen LogP contribution >= 0.6 is 11.6 Å². The highest BCUT2D eigenvalue weighted by Crippen LogP contribution is 2.18. The Bertz CT molecular complexity index is 530. The third-order valence-corrected chi connectivity index (χ3v) is 5.14. The maximum atomic E-state index is 12.2. The molecule has 1 atom stereocenters. The average molecular weight is 304 g/mol. The molecule has 106 valence electrons. The fourth-order valence-electron chi connectivity index (χ4n) is 2.29. The molecule has 0 saturated carbocycles. The van der Waals surface area contributed by atoms with Gasteiger partial charge in [-0.2, -0.15) is 0 Å². The standard InChI is InChI=1S/C12H18ClN3O2S/c1-10(9-16-7-2-3-8-16)15-19(17,18)11-5-4-6-14-12(11)13/h4-6,10,15H,2-3,7-9H2,1H3. The molecule has 1 aromatic heterocycles. The van der Waals surface area contributed by atoms with Gasteiger partial charge in [0.15, 0.2) is 0 Å². The lowest BCUT2D eigenvalue weighted by molar-refractivity contribution is 0.313. The summed E-state index contributed by atoms with van der Waals surface area (Å²) in [6.45, 7) is 4.66. The lowest BCUT2D eigenvalue weighted by Crippen LogP contribution is -2.41. The quantitative estimate of drug-likeness (QED) is 0.837. The number of nitrogens with zero attached hydrogens (tertiary/aromatic N) is 2. The average Bonchev–Trinajstić information content (AvgIpc) is 2.81. The third-order valence-electron chi connectivity index (χ3n) is 3.10. The van der Waals surface area contributed by atoms with Crippen LogP contribution in [0, 0.1) is 0 Å². The zero-order valence-electron chi connectivity index (χ0n) is 10.8. The Hall–Kier alpha value is -0.690. The summed E-state index contributed by atoms with van der Waals surface area (Å²) in [6.07, 6.45) is 3.84. The highest BCUT2D eigenvalue weighted by atomic mass is 35.5. The molecule has 0 aromatic carbocycles. The van der Waals surface area contributed by atoms with E-state index in [9.17, 15) is 8.42 Å². The maximum Gasteiger partial charge on any atom is 0.243 e. The number of hydrogen-bond donors (Lipinski definition) is 1. The number of pyridine rings is 1. The molecule has 2 heterocycles. The molecule has 0 spiro atoms. The second-order valence-electron chi connectivity index (χ2n) is 4.82. The number of halogens is 1. The highest BCUT2D eigenvalue weighted by molar-refractivity contribution is 7.89. The minimum absolute atomic E-state index is 0.00312. The first-order valence-corrected chi connectivity index (χ1v) is 8.20. The molecule has 2 rings (SSSR count). The van der Waals surface area contributed by atoms with E-state index in [1.165, 1.54) is 25.1 Å². The van der Waals surface area contributed by atoms with Crippen LogP contribution in [0.1, 0.15) is 19.8 Å². The Labute approximate surface area is 119 Å². The molecule has 19 heavy (non-hydrogen) atoms. The van der Waals surface area contributed by atoms with Crippen LogP contribution in [-0.2, 0) is 10.0 Å². The minimum atomic E-state index is -3.60. The van der Waals surface area contributed by atoms with Crippen LogP contribution in [0.25, 0.3) is 0 Å². The SMILES string of the molecule is CC(CN1CCCC1)NS(=O)(=O)c1cccnc1Cl. The van der Waals surface area contributed by atoms with Gasteiger partial charge in [0.25, 0.3) is 0 Å². The van der Waals surface area contributed by atoms with E-state index >= 15 is 0 Å². The van der Waals surface area contributed by atoms with Crippen molar-refractivity contribution in [2.24, 2.45) is 0 Å². The first-order chi connectivity index (χ1) is 8.99. The van der Waals surface area contributed by atoms with Gasteiger partial charge in [0, 0.05) is 18.8 Å². The number of rotatable bonds is 5. The molecule has 1 fully saturated rings. The summed E-state index contributed by atoms with van der Waals surface area (Å²) >= 11 is 5.82. The Morgan fingerprint density at radius 3 is 2.79 bits per heavy atom. The van der Waals surface area contributed by atoms with Gasteiger partial charge in [-0.1, -0.05) is 11.6 Å².